The lowest BCUT2D eigenvalue weighted by Gasteiger charge is -2.22. The lowest BCUT2D eigenvalue weighted by atomic mass is 9.82. The Hall–Kier alpha value is -4.66. The number of fused-ring (bicyclic) bond motifs is 6. The van der Waals surface area contributed by atoms with E-state index in [1.807, 2.05) is 11.3 Å². The quantitative estimate of drug-likeness (QED) is 0.233. The third-order valence-corrected chi connectivity index (χ3v) is 9.82. The van der Waals surface area contributed by atoms with Gasteiger partial charge in [0, 0.05) is 42.5 Å². The molecule has 1 heterocycles. The van der Waals surface area contributed by atoms with Crippen molar-refractivity contribution < 1.29 is 0 Å². The highest BCUT2D eigenvalue weighted by molar-refractivity contribution is 7.25. The average molecular weight is 544 g/mol. The van der Waals surface area contributed by atoms with Crippen LogP contribution in [-0.2, 0) is 5.41 Å². The van der Waals surface area contributed by atoms with Gasteiger partial charge in [-0.2, -0.15) is 0 Å². The molecule has 0 saturated heterocycles. The van der Waals surface area contributed by atoms with Crippen LogP contribution in [0.1, 0.15) is 25.0 Å². The minimum atomic E-state index is -0.0383. The van der Waals surface area contributed by atoms with Gasteiger partial charge >= 0.3 is 0 Å². The van der Waals surface area contributed by atoms with Crippen molar-refractivity contribution in [2.75, 3.05) is 5.32 Å². The molecule has 1 nitrogen and oxygen atoms in total. The smallest absolute Gasteiger partial charge is 0.0470 e. The fraction of sp³-hybridized carbons (Fsp3) is 0.0769. The first kappa shape index (κ1) is 24.2. The summed E-state index contributed by atoms with van der Waals surface area (Å²) in [5.74, 6) is 0. The zero-order valence-electron chi connectivity index (χ0n) is 23.1. The van der Waals surface area contributed by atoms with E-state index in [0.717, 1.165) is 11.4 Å². The van der Waals surface area contributed by atoms with Gasteiger partial charge in [-0.3, -0.25) is 0 Å². The summed E-state index contributed by atoms with van der Waals surface area (Å²) in [6.45, 7) is 4.67. The number of benzene rings is 6. The molecule has 2 heteroatoms. The summed E-state index contributed by atoms with van der Waals surface area (Å²) in [4.78, 5) is 0. The molecule has 6 aromatic carbocycles. The Morgan fingerprint density at radius 2 is 1.22 bits per heavy atom. The second-order valence-electron chi connectivity index (χ2n) is 11.5. The molecule has 7 aromatic rings. The summed E-state index contributed by atoms with van der Waals surface area (Å²) in [6, 6.07) is 48.7. The number of anilines is 2. The van der Waals surface area contributed by atoms with Gasteiger partial charge in [0.05, 0.1) is 0 Å². The van der Waals surface area contributed by atoms with Gasteiger partial charge in [0.1, 0.15) is 0 Å². The van der Waals surface area contributed by atoms with Crippen molar-refractivity contribution in [1.82, 2.24) is 0 Å². The number of nitrogens with one attached hydrogen (secondary N) is 1. The molecule has 1 aromatic heterocycles. The normalized spacial score (nSPS) is 13.3. The maximum Gasteiger partial charge on any atom is 0.0470 e. The van der Waals surface area contributed by atoms with Gasteiger partial charge in [0.2, 0.25) is 0 Å². The van der Waals surface area contributed by atoms with Crippen LogP contribution >= 0.6 is 11.3 Å². The first-order valence-corrected chi connectivity index (χ1v) is 15.0. The minimum Gasteiger partial charge on any atom is -0.355 e. The van der Waals surface area contributed by atoms with Crippen LogP contribution in [-0.4, -0.2) is 0 Å². The van der Waals surface area contributed by atoms with Gasteiger partial charge in [-0.25, -0.2) is 0 Å². The highest BCUT2D eigenvalue weighted by Gasteiger charge is 2.35. The van der Waals surface area contributed by atoms with Crippen LogP contribution < -0.4 is 5.32 Å². The Kier molecular flexibility index (Phi) is 5.42. The maximum absolute atomic E-state index is 3.86. The summed E-state index contributed by atoms with van der Waals surface area (Å²) < 4.78 is 2.65. The van der Waals surface area contributed by atoms with E-state index >= 15 is 0 Å². The van der Waals surface area contributed by atoms with Gasteiger partial charge in [0.15, 0.2) is 0 Å². The van der Waals surface area contributed by atoms with Crippen molar-refractivity contribution in [2.45, 2.75) is 19.3 Å². The summed E-state index contributed by atoms with van der Waals surface area (Å²) >= 11 is 1.87. The second-order valence-corrected chi connectivity index (χ2v) is 12.5. The Morgan fingerprint density at radius 3 is 2.12 bits per heavy atom. The molecule has 0 aliphatic heterocycles. The van der Waals surface area contributed by atoms with E-state index in [4.69, 9.17) is 0 Å². The van der Waals surface area contributed by atoms with Crippen LogP contribution in [0.15, 0.2) is 133 Å². The average Bonchev–Trinajstić information content (AvgIpc) is 3.50. The third-order valence-electron chi connectivity index (χ3n) is 8.68. The van der Waals surface area contributed by atoms with Crippen LogP contribution in [0.2, 0.25) is 0 Å². The second kappa shape index (κ2) is 9.19. The predicted molar refractivity (Wildman–Crippen MR) is 177 cm³/mol. The lowest BCUT2D eigenvalue weighted by molar-refractivity contribution is 0.660. The monoisotopic (exact) mass is 543 g/mol. The summed E-state index contributed by atoms with van der Waals surface area (Å²) in [5, 5.41) is 6.52. The summed E-state index contributed by atoms with van der Waals surface area (Å²) in [5.41, 5.74) is 12.5. The number of hydrogen-bond acceptors (Lipinski definition) is 2. The molecule has 1 aliphatic rings. The first-order chi connectivity index (χ1) is 20.1. The van der Waals surface area contributed by atoms with Gasteiger partial charge in [0.25, 0.3) is 0 Å². The largest absolute Gasteiger partial charge is 0.355 e. The molecule has 0 radical (unpaired) electrons. The van der Waals surface area contributed by atoms with Gasteiger partial charge in [-0.05, 0) is 69.3 Å². The molecular formula is C39H29NS. The van der Waals surface area contributed by atoms with Crippen molar-refractivity contribution in [2.24, 2.45) is 0 Å². The molecule has 8 rings (SSSR count). The van der Waals surface area contributed by atoms with E-state index in [2.05, 4.69) is 153 Å². The van der Waals surface area contributed by atoms with Crippen LogP contribution in [0.5, 0.6) is 0 Å². The van der Waals surface area contributed by atoms with Gasteiger partial charge < -0.3 is 5.32 Å². The van der Waals surface area contributed by atoms with Crippen molar-refractivity contribution >= 4 is 42.9 Å². The Bertz CT molecular complexity index is 2100. The van der Waals surface area contributed by atoms with Gasteiger partial charge in [-0.1, -0.05) is 117 Å². The number of thiophene rings is 1. The predicted octanol–water partition coefficient (Wildman–Crippen LogP) is 11.4. The standard InChI is InChI=1S/C39H29NS/c1-39(2)33-16-8-6-13-30(33)31-22-20-27(24-34(31)39)40-35-23-26(19-21-28(35)25-11-4-3-5-12-25)29-15-10-18-37-38(29)32-14-7-9-17-36(32)41-37/h3-24,40H,1-2H3. The van der Waals surface area contributed by atoms with Crippen molar-refractivity contribution in [3.05, 3.63) is 145 Å². The van der Waals surface area contributed by atoms with E-state index in [1.54, 1.807) is 0 Å². The molecular weight excluding hydrogens is 515 g/mol. The molecule has 0 atom stereocenters. The Morgan fingerprint density at radius 1 is 0.512 bits per heavy atom. The fourth-order valence-corrected chi connectivity index (χ4v) is 7.77. The van der Waals surface area contributed by atoms with Crippen LogP contribution in [0.25, 0.3) is 53.6 Å². The zero-order valence-corrected chi connectivity index (χ0v) is 23.9. The molecule has 0 fully saturated rings. The number of hydrogen-bond donors (Lipinski definition) is 1. The van der Waals surface area contributed by atoms with Crippen molar-refractivity contribution in [3.63, 3.8) is 0 Å². The van der Waals surface area contributed by atoms with Crippen LogP contribution in [0.4, 0.5) is 11.4 Å². The molecule has 196 valence electrons. The zero-order chi connectivity index (χ0) is 27.6. The van der Waals surface area contributed by atoms with Gasteiger partial charge in [-0.15, -0.1) is 11.3 Å². The lowest BCUT2D eigenvalue weighted by Crippen LogP contribution is -2.15. The summed E-state index contributed by atoms with van der Waals surface area (Å²) in [7, 11) is 0. The summed E-state index contributed by atoms with van der Waals surface area (Å²) in [6.07, 6.45) is 0. The topological polar surface area (TPSA) is 12.0 Å². The minimum absolute atomic E-state index is 0.0383. The molecule has 1 N–H and O–H groups in total. The molecule has 0 spiro atoms. The Labute approximate surface area is 244 Å². The van der Waals surface area contributed by atoms with E-state index < -0.39 is 0 Å². The third kappa shape index (κ3) is 3.83. The van der Waals surface area contributed by atoms with Crippen LogP contribution in [0.3, 0.4) is 0 Å². The highest BCUT2D eigenvalue weighted by Crippen LogP contribution is 2.49. The van der Waals surface area contributed by atoms with E-state index in [9.17, 15) is 0 Å². The molecule has 0 bridgehead atoms. The SMILES string of the molecule is CC1(C)c2ccccc2-c2ccc(Nc3cc(-c4cccc5sc6ccccc6c45)ccc3-c3ccccc3)cc21. The molecule has 0 unspecified atom stereocenters. The number of rotatable bonds is 4. The van der Waals surface area contributed by atoms with E-state index in [-0.39, 0.29) is 5.41 Å². The van der Waals surface area contributed by atoms with E-state index in [0.29, 0.717) is 0 Å². The molecule has 1 aliphatic carbocycles. The molecule has 41 heavy (non-hydrogen) atoms. The van der Waals surface area contributed by atoms with E-state index in [1.165, 1.54) is 64.7 Å². The highest BCUT2D eigenvalue weighted by atomic mass is 32.1. The van der Waals surface area contributed by atoms with Crippen LogP contribution in [0, 0.1) is 0 Å². The first-order valence-electron chi connectivity index (χ1n) is 14.2. The van der Waals surface area contributed by atoms with Crippen molar-refractivity contribution in [3.8, 4) is 33.4 Å². The molecule has 0 saturated carbocycles. The maximum atomic E-state index is 3.86. The fourth-order valence-electron chi connectivity index (χ4n) is 6.64. The Balaban J connectivity index is 1.28. The molecule has 0 amide bonds. The van der Waals surface area contributed by atoms with Crippen molar-refractivity contribution in [1.29, 1.82) is 0 Å².